The Kier molecular flexibility index (Phi) is 26.7. The van der Waals surface area contributed by atoms with Crippen molar-refractivity contribution in [3.8, 4) is 23.0 Å². The minimum atomic E-state index is -4.66. The molecular weight excluding hydrogens is 1480 g/mol. The van der Waals surface area contributed by atoms with Crippen LogP contribution in [0, 0.1) is 0 Å². The number of nitrogens with one attached hydrogen (secondary N) is 4. The molecule has 0 radical (unpaired) electrons. The zero-order valence-electron chi connectivity index (χ0n) is 63.8. The van der Waals surface area contributed by atoms with E-state index in [-0.39, 0.29) is 98.6 Å². The lowest BCUT2D eigenvalue weighted by Gasteiger charge is -2.26. The highest BCUT2D eigenvalue weighted by Gasteiger charge is 2.35. The quantitative estimate of drug-likeness (QED) is 0.0671. The molecule has 8 aromatic carbocycles. The molecule has 0 aromatic heterocycles. The molecule has 0 atom stereocenters. The van der Waals surface area contributed by atoms with E-state index in [9.17, 15) is 71.9 Å². The van der Waals surface area contributed by atoms with Crippen LogP contribution in [0.15, 0.2) is 146 Å². The standard InChI is InChI=1S/C84H88F12N4O12/c1-77(2,3)61-29-49-37-105-39-51-31-62(78(4,5)6)33-53(74(51)110-46-70(102)98-66-23-15-58(16-24-66)82(88,89)90)41-107-43-55-35-64(80(10,11)12)36-56(76(55)112-48-72(104)100-68-27-19-60(20-28-68)84(94,95)96)44-108-42-54-34-63(79(7,8)9)32-52(75(54)111-47-71(103)99-67-25-17-59(18-26-67)83(91,92)93)40-106-38-50(30-61)73(49)109-45-69(101)97-65-21-13-57(14-22-65)81(85,86)87/h13-36H,37-48H2,1-12H3,(H,97,101)(H,98,102)(H,99,103)(H,100,104). The predicted molar refractivity (Wildman–Crippen MR) is 397 cm³/mol. The highest BCUT2D eigenvalue weighted by molar-refractivity contribution is 5.94. The molecule has 8 aromatic rings. The Balaban J connectivity index is 1.18. The fraction of sp³-hybridized carbons (Fsp3) is 0.381. The molecule has 0 saturated carbocycles. The van der Waals surface area contributed by atoms with Gasteiger partial charge in [-0.25, -0.2) is 0 Å². The topological polar surface area (TPSA) is 190 Å². The Morgan fingerprint density at radius 1 is 0.259 bits per heavy atom. The van der Waals surface area contributed by atoms with Gasteiger partial charge < -0.3 is 59.2 Å². The van der Waals surface area contributed by atoms with E-state index in [1.165, 1.54) is 0 Å². The van der Waals surface area contributed by atoms with E-state index in [0.717, 1.165) is 119 Å². The Hall–Kier alpha value is -10.2. The van der Waals surface area contributed by atoms with Gasteiger partial charge in [0.15, 0.2) is 26.4 Å². The van der Waals surface area contributed by atoms with Crippen LogP contribution in [0.2, 0.25) is 0 Å². The summed E-state index contributed by atoms with van der Waals surface area (Å²) < 4.78 is 216. The molecule has 28 heteroatoms. The molecule has 16 nitrogen and oxygen atoms in total. The summed E-state index contributed by atoms with van der Waals surface area (Å²) in [5.74, 6) is -2.63. The van der Waals surface area contributed by atoms with Gasteiger partial charge in [0.25, 0.3) is 23.6 Å². The van der Waals surface area contributed by atoms with Crippen LogP contribution in [0.3, 0.4) is 0 Å². The normalized spacial score (nSPS) is 13.9. The Morgan fingerprint density at radius 3 is 0.527 bits per heavy atom. The van der Waals surface area contributed by atoms with E-state index >= 15 is 0 Å². The number of hydrogen-bond acceptors (Lipinski definition) is 12. The van der Waals surface area contributed by atoms with Crippen molar-refractivity contribution < 1.29 is 110 Å². The molecule has 8 bridgehead atoms. The first kappa shape index (κ1) is 85.8. The van der Waals surface area contributed by atoms with Crippen molar-refractivity contribution in [3.05, 3.63) is 235 Å². The summed E-state index contributed by atoms with van der Waals surface area (Å²) in [7, 11) is 0. The van der Waals surface area contributed by atoms with Crippen molar-refractivity contribution in [3.63, 3.8) is 0 Å². The van der Waals surface area contributed by atoms with Crippen molar-refractivity contribution in [1.82, 2.24) is 0 Å². The van der Waals surface area contributed by atoms with E-state index < -0.39 is 119 Å². The molecule has 600 valence electrons. The Bertz CT molecular complexity index is 3960. The van der Waals surface area contributed by atoms with E-state index in [0.29, 0.717) is 44.5 Å². The van der Waals surface area contributed by atoms with Crippen molar-refractivity contribution in [2.75, 3.05) is 47.7 Å². The third-order valence-corrected chi connectivity index (χ3v) is 17.9. The first-order valence-electron chi connectivity index (χ1n) is 35.5. The number of rotatable bonds is 16. The highest BCUT2D eigenvalue weighted by atomic mass is 19.4. The van der Waals surface area contributed by atoms with Crippen LogP contribution in [0.25, 0.3) is 0 Å². The smallest absolute Gasteiger partial charge is 0.416 e. The molecular formula is C84H88F12N4O12. The SMILES string of the molecule is CC(C)(C)c1cc2c(OCC(=O)Nc3ccc(C(F)(F)F)cc3)c(c1)COCc1cc(C(C)(C)C)cc(c1OCC(=O)Nc1ccc(C(F)(F)F)cc1)COCc1cc(C(C)(C)C)cc(c1OCC(=O)Nc1ccc(C(F)(F)F)cc1)COCc1cc(C(C)(C)C)cc(c1OCC(=O)Nc1ccc(C(F)(F)F)cc1)COC2. The van der Waals surface area contributed by atoms with Crippen molar-refractivity contribution >= 4 is 46.4 Å². The molecule has 112 heavy (non-hydrogen) atoms. The van der Waals surface area contributed by atoms with Gasteiger partial charge in [-0.15, -0.1) is 0 Å². The van der Waals surface area contributed by atoms with Gasteiger partial charge >= 0.3 is 24.7 Å². The summed E-state index contributed by atoms with van der Waals surface area (Å²) >= 11 is 0. The number of carbonyl (C=O) groups is 4. The van der Waals surface area contributed by atoms with Crippen molar-refractivity contribution in [2.45, 2.75) is 182 Å². The lowest BCUT2D eigenvalue weighted by Crippen LogP contribution is -2.22. The average Bonchev–Trinajstić information content (AvgIpc) is 0.803. The summed E-state index contributed by atoms with van der Waals surface area (Å²) in [6.07, 6.45) is -18.6. The number of halogens is 12. The van der Waals surface area contributed by atoms with Gasteiger partial charge in [0.2, 0.25) is 0 Å². The fourth-order valence-electron chi connectivity index (χ4n) is 11.7. The highest BCUT2D eigenvalue weighted by Crippen LogP contribution is 2.42. The van der Waals surface area contributed by atoms with Crippen molar-refractivity contribution in [2.24, 2.45) is 0 Å². The van der Waals surface area contributed by atoms with Crippen LogP contribution in [0.1, 0.15) is 172 Å². The monoisotopic (exact) mass is 1570 g/mol. The maximum atomic E-state index is 13.9. The lowest BCUT2D eigenvalue weighted by atomic mass is 9.84. The van der Waals surface area contributed by atoms with E-state index in [1.807, 2.05) is 132 Å². The van der Waals surface area contributed by atoms with E-state index in [1.54, 1.807) is 0 Å². The van der Waals surface area contributed by atoms with Crippen LogP contribution in [0.5, 0.6) is 23.0 Å². The number of benzene rings is 8. The zero-order valence-corrected chi connectivity index (χ0v) is 63.8. The fourth-order valence-corrected chi connectivity index (χ4v) is 11.7. The summed E-state index contributed by atoms with van der Waals surface area (Å²) in [4.78, 5) is 55.5. The first-order chi connectivity index (χ1) is 52.1. The molecule has 9 rings (SSSR count). The molecule has 0 fully saturated rings. The molecule has 1 heterocycles. The van der Waals surface area contributed by atoms with E-state index in [4.69, 9.17) is 37.9 Å². The van der Waals surface area contributed by atoms with Crippen LogP contribution in [-0.4, -0.2) is 50.1 Å². The van der Waals surface area contributed by atoms with Crippen LogP contribution in [-0.2, 0) is 137 Å². The van der Waals surface area contributed by atoms with Crippen LogP contribution >= 0.6 is 0 Å². The minimum Gasteiger partial charge on any atom is -0.483 e. The molecule has 0 spiro atoms. The molecule has 4 N–H and O–H groups in total. The van der Waals surface area contributed by atoms with Gasteiger partial charge in [0.05, 0.1) is 75.1 Å². The van der Waals surface area contributed by atoms with Gasteiger partial charge in [-0.05, 0) is 190 Å². The van der Waals surface area contributed by atoms with Gasteiger partial charge in [0, 0.05) is 67.3 Å². The second kappa shape index (κ2) is 34.8. The largest absolute Gasteiger partial charge is 0.483 e. The minimum absolute atomic E-state index is 0.0339. The average molecular weight is 1570 g/mol. The first-order valence-corrected chi connectivity index (χ1v) is 35.5. The number of ether oxygens (including phenoxy) is 8. The van der Waals surface area contributed by atoms with E-state index in [2.05, 4.69) is 21.3 Å². The molecule has 4 amide bonds. The number of carbonyl (C=O) groups excluding carboxylic acids is 4. The molecule has 0 unspecified atom stereocenters. The van der Waals surface area contributed by atoms with Crippen LogP contribution in [0.4, 0.5) is 75.4 Å². The maximum absolute atomic E-state index is 13.9. The van der Waals surface area contributed by atoms with Crippen LogP contribution < -0.4 is 40.2 Å². The second-order valence-corrected chi connectivity index (χ2v) is 31.1. The predicted octanol–water partition coefficient (Wildman–Crippen LogP) is 20.2. The molecule has 1 aliphatic rings. The second-order valence-electron chi connectivity index (χ2n) is 31.1. The summed E-state index contributed by atoms with van der Waals surface area (Å²) in [6.45, 7) is 18.5. The third kappa shape index (κ3) is 23.9. The Morgan fingerprint density at radius 2 is 0.402 bits per heavy atom. The van der Waals surface area contributed by atoms with Gasteiger partial charge in [-0.2, -0.15) is 52.7 Å². The number of hydrogen-bond donors (Lipinski definition) is 4. The molecule has 0 aliphatic carbocycles. The lowest BCUT2D eigenvalue weighted by molar-refractivity contribution is -0.138. The third-order valence-electron chi connectivity index (χ3n) is 17.9. The maximum Gasteiger partial charge on any atom is 0.416 e. The molecule has 0 saturated heterocycles. The molecule has 1 aliphatic heterocycles. The zero-order chi connectivity index (χ0) is 82.1. The summed E-state index contributed by atoms with van der Waals surface area (Å²) in [6, 6.07) is 29.8. The van der Waals surface area contributed by atoms with Gasteiger partial charge in [0.1, 0.15) is 23.0 Å². The number of alkyl halides is 12. The number of anilines is 4. The summed E-state index contributed by atoms with van der Waals surface area (Å²) in [5.41, 5.74) is -0.113. The van der Waals surface area contributed by atoms with Gasteiger partial charge in [-0.3, -0.25) is 19.2 Å². The van der Waals surface area contributed by atoms with Crippen molar-refractivity contribution in [1.29, 1.82) is 0 Å². The number of fused-ring (bicyclic) bond motifs is 8. The summed E-state index contributed by atoms with van der Waals surface area (Å²) in [5, 5.41) is 10.3. The number of amides is 4. The van der Waals surface area contributed by atoms with Gasteiger partial charge in [-0.1, -0.05) is 83.1 Å². The Labute approximate surface area is 641 Å².